The molecule has 34 heavy (non-hydrogen) atoms. The third kappa shape index (κ3) is 4.76. The highest BCUT2D eigenvalue weighted by atomic mass is 16.5. The molecule has 8 nitrogen and oxygen atoms in total. The van der Waals surface area contributed by atoms with Gasteiger partial charge < -0.3 is 24.9 Å². The van der Waals surface area contributed by atoms with Crippen molar-refractivity contribution in [3.8, 4) is 0 Å². The number of ether oxygens (including phenoxy) is 1. The van der Waals surface area contributed by atoms with Crippen LogP contribution in [0.15, 0.2) is 42.7 Å². The molecular formula is C26H31N5O3. The molecule has 1 aromatic carbocycles. The Balaban J connectivity index is 1.79. The van der Waals surface area contributed by atoms with Crippen LogP contribution < -0.4 is 10.6 Å². The molecule has 4 rings (SSSR count). The monoisotopic (exact) mass is 461 g/mol. The van der Waals surface area contributed by atoms with Gasteiger partial charge in [-0.25, -0.2) is 9.78 Å². The maximum Gasteiger partial charge on any atom is 0.356 e. The van der Waals surface area contributed by atoms with Crippen molar-refractivity contribution >= 4 is 45.2 Å². The number of nitrogens with one attached hydrogen (secondary N) is 3. The van der Waals surface area contributed by atoms with Gasteiger partial charge in [0.15, 0.2) is 5.69 Å². The number of anilines is 2. The van der Waals surface area contributed by atoms with Gasteiger partial charge in [-0.1, -0.05) is 39.0 Å². The first-order valence-electron chi connectivity index (χ1n) is 11.3. The highest BCUT2D eigenvalue weighted by Gasteiger charge is 2.26. The second kappa shape index (κ2) is 9.21. The van der Waals surface area contributed by atoms with E-state index in [0.29, 0.717) is 29.7 Å². The molecule has 3 N–H and O–H groups in total. The van der Waals surface area contributed by atoms with Crippen LogP contribution in [0.25, 0.3) is 21.9 Å². The van der Waals surface area contributed by atoms with Crippen molar-refractivity contribution in [2.24, 2.45) is 5.41 Å². The Morgan fingerprint density at radius 2 is 1.94 bits per heavy atom. The summed E-state index contributed by atoms with van der Waals surface area (Å²) in [4.78, 5) is 32.9. The normalized spacial score (nSPS) is 11.7. The fraction of sp³-hybridized carbons (Fsp3) is 0.346. The molecule has 3 heterocycles. The fourth-order valence-electron chi connectivity index (χ4n) is 4.09. The van der Waals surface area contributed by atoms with Crippen LogP contribution in [0.4, 0.5) is 11.4 Å². The minimum atomic E-state index is -0.523. The van der Waals surface area contributed by atoms with Gasteiger partial charge in [0.1, 0.15) is 5.65 Å². The Morgan fingerprint density at radius 3 is 2.65 bits per heavy atom. The number of benzene rings is 1. The summed E-state index contributed by atoms with van der Waals surface area (Å²) in [7, 11) is 1.34. The van der Waals surface area contributed by atoms with Gasteiger partial charge in [0.2, 0.25) is 5.91 Å². The number of rotatable bonds is 7. The largest absolute Gasteiger partial charge is 0.464 e. The number of para-hydroxylation sites is 1. The molecule has 1 amide bonds. The molecule has 3 aromatic heterocycles. The van der Waals surface area contributed by atoms with E-state index >= 15 is 0 Å². The van der Waals surface area contributed by atoms with E-state index in [0.717, 1.165) is 28.7 Å². The van der Waals surface area contributed by atoms with Crippen LogP contribution in [0.3, 0.4) is 0 Å². The Bertz CT molecular complexity index is 1360. The van der Waals surface area contributed by atoms with Gasteiger partial charge in [0.05, 0.1) is 24.7 Å². The summed E-state index contributed by atoms with van der Waals surface area (Å²) in [6, 6.07) is 10.0. The van der Waals surface area contributed by atoms with Crippen molar-refractivity contribution in [3.05, 3.63) is 54.0 Å². The predicted molar refractivity (Wildman–Crippen MR) is 135 cm³/mol. The number of nitrogens with zero attached hydrogens (tertiary/aromatic N) is 2. The van der Waals surface area contributed by atoms with Gasteiger partial charge in [0, 0.05) is 42.5 Å². The maximum atomic E-state index is 12.9. The second-order valence-electron chi connectivity index (χ2n) is 9.67. The molecule has 8 heteroatoms. The van der Waals surface area contributed by atoms with Gasteiger partial charge in [-0.2, -0.15) is 0 Å². The number of aromatic amines is 1. The summed E-state index contributed by atoms with van der Waals surface area (Å²) < 4.78 is 6.93. The number of pyridine rings is 1. The number of hydrogen-bond donors (Lipinski definition) is 3. The van der Waals surface area contributed by atoms with E-state index in [1.807, 2.05) is 35.0 Å². The number of carbonyl (C=O) groups is 2. The summed E-state index contributed by atoms with van der Waals surface area (Å²) in [6.45, 7) is 9.10. The third-order valence-electron chi connectivity index (χ3n) is 5.68. The summed E-state index contributed by atoms with van der Waals surface area (Å²) in [5, 5.41) is 8.07. The zero-order valence-corrected chi connectivity index (χ0v) is 20.3. The first-order chi connectivity index (χ1) is 16.2. The minimum Gasteiger partial charge on any atom is -0.464 e. The Hall–Kier alpha value is -3.81. The second-order valence-corrected chi connectivity index (χ2v) is 9.67. The molecule has 0 radical (unpaired) electrons. The van der Waals surface area contributed by atoms with Crippen molar-refractivity contribution < 1.29 is 14.3 Å². The molecule has 0 fully saturated rings. The van der Waals surface area contributed by atoms with Crippen LogP contribution in [-0.4, -0.2) is 40.1 Å². The van der Waals surface area contributed by atoms with Crippen molar-refractivity contribution in [1.82, 2.24) is 14.5 Å². The molecule has 178 valence electrons. The first kappa shape index (κ1) is 23.4. The number of esters is 1. The molecular weight excluding hydrogens is 430 g/mol. The summed E-state index contributed by atoms with van der Waals surface area (Å²) >= 11 is 0. The molecule has 0 saturated carbocycles. The van der Waals surface area contributed by atoms with Crippen LogP contribution in [-0.2, 0) is 22.5 Å². The van der Waals surface area contributed by atoms with Gasteiger partial charge in [-0.15, -0.1) is 0 Å². The van der Waals surface area contributed by atoms with E-state index in [4.69, 9.17) is 4.74 Å². The average molecular weight is 462 g/mol. The number of carbonyl (C=O) groups excluding carboxylic acids is 2. The number of fused-ring (bicyclic) bond motifs is 2. The molecule has 4 aromatic rings. The Labute approximate surface area is 198 Å². The number of hydrogen-bond acceptors (Lipinski definition) is 5. The lowest BCUT2D eigenvalue weighted by molar-refractivity contribution is -0.114. The lowest BCUT2D eigenvalue weighted by Gasteiger charge is -2.19. The fourth-order valence-corrected chi connectivity index (χ4v) is 4.09. The molecule has 0 saturated heterocycles. The Kier molecular flexibility index (Phi) is 6.32. The number of methoxy groups -OCH3 is 1. The minimum absolute atomic E-state index is 0.0812. The zero-order valence-electron chi connectivity index (χ0n) is 20.3. The van der Waals surface area contributed by atoms with E-state index in [-0.39, 0.29) is 17.0 Å². The van der Waals surface area contributed by atoms with E-state index in [9.17, 15) is 9.59 Å². The zero-order chi connectivity index (χ0) is 24.5. The molecule has 0 aliphatic carbocycles. The SMILES string of the molecule is COC(=O)c1c(NC(C)=O)c2cc(NCC(C)(C)C)cnc2n1CCc1c[nH]c2ccccc12. The van der Waals surface area contributed by atoms with Crippen molar-refractivity contribution in [3.63, 3.8) is 0 Å². The molecule has 0 atom stereocenters. The standard InChI is InChI=1S/C26H31N5O3/c1-16(32)30-22-20-12-18(29-15-26(2,3)4)14-28-24(20)31(23(22)25(33)34-5)11-10-17-13-27-21-9-7-6-8-19(17)21/h6-9,12-14,27,29H,10-11,15H2,1-5H3,(H,30,32). The number of amides is 1. The number of aryl methyl sites for hydroxylation is 2. The van der Waals surface area contributed by atoms with Crippen LogP contribution in [0, 0.1) is 5.41 Å². The first-order valence-corrected chi connectivity index (χ1v) is 11.3. The molecule has 0 spiro atoms. The van der Waals surface area contributed by atoms with Gasteiger partial charge >= 0.3 is 5.97 Å². The van der Waals surface area contributed by atoms with Crippen molar-refractivity contribution in [2.75, 3.05) is 24.3 Å². The third-order valence-corrected chi connectivity index (χ3v) is 5.68. The summed E-state index contributed by atoms with van der Waals surface area (Å²) in [6.07, 6.45) is 4.42. The topological polar surface area (TPSA) is 101 Å². The van der Waals surface area contributed by atoms with Crippen LogP contribution >= 0.6 is 0 Å². The van der Waals surface area contributed by atoms with Gasteiger partial charge in [-0.05, 0) is 29.5 Å². The average Bonchev–Trinajstić information content (AvgIpc) is 3.34. The maximum absolute atomic E-state index is 12.9. The van der Waals surface area contributed by atoms with Crippen LogP contribution in [0.5, 0.6) is 0 Å². The quantitative estimate of drug-likeness (QED) is 0.338. The van der Waals surface area contributed by atoms with Crippen molar-refractivity contribution in [1.29, 1.82) is 0 Å². The van der Waals surface area contributed by atoms with Crippen LogP contribution in [0.1, 0.15) is 43.7 Å². The Morgan fingerprint density at radius 1 is 1.18 bits per heavy atom. The number of aromatic nitrogens is 3. The molecule has 0 aliphatic heterocycles. The predicted octanol–water partition coefficient (Wildman–Crippen LogP) is 4.96. The lowest BCUT2D eigenvalue weighted by atomic mass is 9.97. The number of H-pyrrole nitrogens is 1. The van der Waals surface area contributed by atoms with Crippen LogP contribution in [0.2, 0.25) is 0 Å². The molecule has 0 unspecified atom stereocenters. The smallest absolute Gasteiger partial charge is 0.356 e. The molecule has 0 bridgehead atoms. The summed E-state index contributed by atoms with van der Waals surface area (Å²) in [5.74, 6) is -0.793. The van der Waals surface area contributed by atoms with E-state index in [2.05, 4.69) is 47.4 Å². The highest BCUT2D eigenvalue weighted by molar-refractivity contribution is 6.11. The molecule has 0 aliphatic rings. The van der Waals surface area contributed by atoms with E-state index in [1.165, 1.54) is 14.0 Å². The van der Waals surface area contributed by atoms with Gasteiger partial charge in [0.25, 0.3) is 0 Å². The van der Waals surface area contributed by atoms with E-state index in [1.54, 1.807) is 6.20 Å². The van der Waals surface area contributed by atoms with Crippen molar-refractivity contribution in [2.45, 2.75) is 40.7 Å². The van der Waals surface area contributed by atoms with Gasteiger partial charge in [-0.3, -0.25) is 4.79 Å². The highest BCUT2D eigenvalue weighted by Crippen LogP contribution is 2.33. The summed E-state index contributed by atoms with van der Waals surface area (Å²) in [5.41, 5.74) is 4.42. The van der Waals surface area contributed by atoms with E-state index < -0.39 is 5.97 Å². The lowest BCUT2D eigenvalue weighted by Crippen LogP contribution is -2.19.